The summed E-state index contributed by atoms with van der Waals surface area (Å²) >= 11 is 0. The minimum Gasteiger partial charge on any atom is -0.497 e. The van der Waals surface area contributed by atoms with Gasteiger partial charge in [-0.1, -0.05) is 12.1 Å². The lowest BCUT2D eigenvalue weighted by atomic mass is 10.1. The molecule has 1 aliphatic rings. The van der Waals surface area contributed by atoms with Gasteiger partial charge < -0.3 is 14.4 Å². The molecule has 1 heterocycles. The number of benzene rings is 1. The molecule has 0 spiro atoms. The second-order valence-corrected chi connectivity index (χ2v) is 5.09. The van der Waals surface area contributed by atoms with Crippen molar-refractivity contribution in [3.05, 3.63) is 35.9 Å². The summed E-state index contributed by atoms with van der Waals surface area (Å²) in [5, 5.41) is 0. The van der Waals surface area contributed by atoms with Crippen molar-refractivity contribution in [1.82, 2.24) is 4.90 Å². The zero-order valence-electron chi connectivity index (χ0n) is 12.2. The molecule has 2 atom stereocenters. The molecular weight excluding hydrogens is 254 g/mol. The second kappa shape index (κ2) is 6.57. The van der Waals surface area contributed by atoms with Crippen molar-refractivity contribution in [2.45, 2.75) is 26.0 Å². The molecule has 2 rings (SSSR count). The van der Waals surface area contributed by atoms with Gasteiger partial charge in [-0.25, -0.2) is 0 Å². The summed E-state index contributed by atoms with van der Waals surface area (Å²) in [7, 11) is 1.63. The molecule has 0 saturated carbocycles. The van der Waals surface area contributed by atoms with Crippen LogP contribution < -0.4 is 4.74 Å². The van der Waals surface area contributed by atoms with Gasteiger partial charge in [0, 0.05) is 12.6 Å². The molecule has 1 aromatic carbocycles. The minimum atomic E-state index is 0.0310. The Balaban J connectivity index is 2.00. The smallest absolute Gasteiger partial charge is 0.246 e. The van der Waals surface area contributed by atoms with Crippen molar-refractivity contribution in [1.29, 1.82) is 0 Å². The van der Waals surface area contributed by atoms with Gasteiger partial charge in [0.25, 0.3) is 0 Å². The number of methoxy groups -OCH3 is 1. The summed E-state index contributed by atoms with van der Waals surface area (Å²) < 4.78 is 10.6. The number of rotatable bonds is 3. The van der Waals surface area contributed by atoms with E-state index in [0.717, 1.165) is 11.3 Å². The average Bonchev–Trinajstić information content (AvgIpc) is 2.47. The van der Waals surface area contributed by atoms with Gasteiger partial charge >= 0.3 is 0 Å². The summed E-state index contributed by atoms with van der Waals surface area (Å²) in [6.45, 7) is 5.24. The number of hydrogen-bond donors (Lipinski definition) is 0. The Morgan fingerprint density at radius 3 is 2.70 bits per heavy atom. The number of carbonyl (C=O) groups excluding carboxylic acids is 1. The number of nitrogens with zero attached hydrogens (tertiary/aromatic N) is 1. The molecular formula is C16H21NO3. The standard InChI is InChI=1S/C16H21NO3/c1-12-11-20-13(2)10-17(12)16(18)9-6-14-4-7-15(19-3)8-5-14/h4-9,12-13H,10-11H2,1-3H3/b9-6+/t12-,13+/m1/s1. The van der Waals surface area contributed by atoms with Crippen LogP contribution in [0.3, 0.4) is 0 Å². The van der Waals surface area contributed by atoms with Gasteiger partial charge in [0.05, 0.1) is 25.9 Å². The van der Waals surface area contributed by atoms with Crippen LogP contribution in [0.4, 0.5) is 0 Å². The van der Waals surface area contributed by atoms with Crippen LogP contribution in [-0.2, 0) is 9.53 Å². The first-order chi connectivity index (χ1) is 9.60. The first-order valence-corrected chi connectivity index (χ1v) is 6.84. The van der Waals surface area contributed by atoms with E-state index < -0.39 is 0 Å². The predicted octanol–water partition coefficient (Wildman–Crippen LogP) is 2.34. The molecule has 20 heavy (non-hydrogen) atoms. The highest BCUT2D eigenvalue weighted by molar-refractivity contribution is 5.92. The largest absolute Gasteiger partial charge is 0.497 e. The van der Waals surface area contributed by atoms with Gasteiger partial charge in [-0.3, -0.25) is 4.79 Å². The normalized spacial score (nSPS) is 23.1. The third-order valence-corrected chi connectivity index (χ3v) is 3.43. The molecule has 0 N–H and O–H groups in total. The molecule has 1 aromatic rings. The summed E-state index contributed by atoms with van der Waals surface area (Å²) in [4.78, 5) is 14.1. The fourth-order valence-corrected chi connectivity index (χ4v) is 2.19. The quantitative estimate of drug-likeness (QED) is 0.795. The lowest BCUT2D eigenvalue weighted by Gasteiger charge is -2.36. The monoisotopic (exact) mass is 275 g/mol. The van der Waals surface area contributed by atoms with E-state index in [2.05, 4.69) is 0 Å². The van der Waals surface area contributed by atoms with E-state index in [1.165, 1.54) is 0 Å². The third-order valence-electron chi connectivity index (χ3n) is 3.43. The highest BCUT2D eigenvalue weighted by atomic mass is 16.5. The van der Waals surface area contributed by atoms with E-state index >= 15 is 0 Å². The van der Waals surface area contributed by atoms with Crippen LogP contribution in [0.1, 0.15) is 19.4 Å². The first kappa shape index (κ1) is 14.6. The van der Waals surface area contributed by atoms with Crippen molar-refractivity contribution in [2.75, 3.05) is 20.3 Å². The molecule has 1 amide bonds. The van der Waals surface area contributed by atoms with E-state index in [1.807, 2.05) is 49.1 Å². The Morgan fingerprint density at radius 1 is 1.35 bits per heavy atom. The van der Waals surface area contributed by atoms with E-state index in [9.17, 15) is 4.79 Å². The van der Waals surface area contributed by atoms with Gasteiger partial charge in [0.2, 0.25) is 5.91 Å². The van der Waals surface area contributed by atoms with Gasteiger partial charge in [-0.05, 0) is 37.6 Å². The van der Waals surface area contributed by atoms with Crippen LogP contribution in [-0.4, -0.2) is 43.2 Å². The van der Waals surface area contributed by atoms with Crippen molar-refractivity contribution in [2.24, 2.45) is 0 Å². The second-order valence-electron chi connectivity index (χ2n) is 5.09. The molecule has 1 fully saturated rings. The summed E-state index contributed by atoms with van der Waals surface area (Å²) in [6.07, 6.45) is 3.55. The maximum atomic E-state index is 12.2. The zero-order valence-corrected chi connectivity index (χ0v) is 12.2. The average molecular weight is 275 g/mol. The highest BCUT2D eigenvalue weighted by Gasteiger charge is 2.25. The van der Waals surface area contributed by atoms with E-state index in [4.69, 9.17) is 9.47 Å². The zero-order chi connectivity index (χ0) is 14.5. The maximum Gasteiger partial charge on any atom is 0.246 e. The van der Waals surface area contributed by atoms with Gasteiger partial charge in [0.1, 0.15) is 5.75 Å². The molecule has 0 aromatic heterocycles. The molecule has 1 saturated heterocycles. The number of hydrogen-bond acceptors (Lipinski definition) is 3. The van der Waals surface area contributed by atoms with E-state index in [-0.39, 0.29) is 18.1 Å². The SMILES string of the molecule is COc1ccc(/C=C/C(=O)N2C[C@H](C)OC[C@H]2C)cc1. The number of morpholine rings is 1. The lowest BCUT2D eigenvalue weighted by molar-refractivity contribution is -0.137. The summed E-state index contributed by atoms with van der Waals surface area (Å²) in [6, 6.07) is 7.73. The fourth-order valence-electron chi connectivity index (χ4n) is 2.19. The predicted molar refractivity (Wildman–Crippen MR) is 78.6 cm³/mol. The van der Waals surface area contributed by atoms with Crippen molar-refractivity contribution >= 4 is 12.0 Å². The third kappa shape index (κ3) is 3.61. The van der Waals surface area contributed by atoms with Gasteiger partial charge in [-0.2, -0.15) is 0 Å². The summed E-state index contributed by atoms with van der Waals surface area (Å²) in [5.74, 6) is 0.840. The van der Waals surface area contributed by atoms with Crippen LogP contribution in [0, 0.1) is 0 Å². The van der Waals surface area contributed by atoms with Crippen molar-refractivity contribution < 1.29 is 14.3 Å². The van der Waals surface area contributed by atoms with E-state index in [1.54, 1.807) is 13.2 Å². The number of ether oxygens (including phenoxy) is 2. The molecule has 0 aliphatic carbocycles. The lowest BCUT2D eigenvalue weighted by Crippen LogP contribution is -2.49. The Bertz CT molecular complexity index is 481. The van der Waals surface area contributed by atoms with Crippen molar-refractivity contribution in [3.63, 3.8) is 0 Å². The topological polar surface area (TPSA) is 38.8 Å². The van der Waals surface area contributed by atoms with Crippen molar-refractivity contribution in [3.8, 4) is 5.75 Å². The van der Waals surface area contributed by atoms with Crippen LogP contribution in [0.15, 0.2) is 30.3 Å². The maximum absolute atomic E-state index is 12.2. The van der Waals surface area contributed by atoms with Gasteiger partial charge in [-0.15, -0.1) is 0 Å². The highest BCUT2D eigenvalue weighted by Crippen LogP contribution is 2.14. The Kier molecular flexibility index (Phi) is 4.79. The van der Waals surface area contributed by atoms with Crippen LogP contribution in [0.5, 0.6) is 5.75 Å². The molecule has 4 nitrogen and oxygen atoms in total. The van der Waals surface area contributed by atoms with Gasteiger partial charge in [0.15, 0.2) is 0 Å². The van der Waals surface area contributed by atoms with Crippen LogP contribution in [0.2, 0.25) is 0 Å². The number of carbonyl (C=O) groups is 1. The first-order valence-electron chi connectivity index (χ1n) is 6.84. The minimum absolute atomic E-state index is 0.0310. The molecule has 108 valence electrons. The molecule has 4 heteroatoms. The molecule has 0 unspecified atom stereocenters. The fraction of sp³-hybridized carbons (Fsp3) is 0.438. The van der Waals surface area contributed by atoms with E-state index in [0.29, 0.717) is 13.2 Å². The number of amides is 1. The Morgan fingerprint density at radius 2 is 2.05 bits per heavy atom. The summed E-state index contributed by atoms with van der Waals surface area (Å²) in [5.41, 5.74) is 0.980. The molecule has 0 radical (unpaired) electrons. The molecule has 1 aliphatic heterocycles. The van der Waals surface area contributed by atoms with Crippen LogP contribution >= 0.6 is 0 Å². The Labute approximate surface area is 120 Å². The Hall–Kier alpha value is -1.81. The molecule has 0 bridgehead atoms. The van der Waals surface area contributed by atoms with Crippen LogP contribution in [0.25, 0.3) is 6.08 Å².